The van der Waals surface area contributed by atoms with Gasteiger partial charge >= 0.3 is 19.7 Å². The number of carbonyl (C=O) groups excluding carboxylic acids is 6. The second-order valence-corrected chi connectivity index (χ2v) is 27.4. The molecule has 23 heteroatoms. The summed E-state index contributed by atoms with van der Waals surface area (Å²) in [5.74, 6) is -10.4. The summed E-state index contributed by atoms with van der Waals surface area (Å²) >= 11 is 0. The van der Waals surface area contributed by atoms with Gasteiger partial charge in [0.15, 0.2) is 5.78 Å². The molecule has 458 valence electrons. The van der Waals surface area contributed by atoms with Crippen molar-refractivity contribution in [2.75, 3.05) is 33.8 Å². The second-order valence-electron chi connectivity index (χ2n) is 23.0. The molecule has 0 spiro atoms. The van der Waals surface area contributed by atoms with Crippen LogP contribution in [0.25, 0.3) is 0 Å². The summed E-state index contributed by atoms with van der Waals surface area (Å²) in [4.78, 5) is 114. The van der Waals surface area contributed by atoms with E-state index in [2.05, 4.69) is 0 Å². The number of hydrogen-bond acceptors (Lipinski definition) is 17. The molecule has 5 N–H and O–H groups in total. The van der Waals surface area contributed by atoms with Crippen molar-refractivity contribution in [3.63, 3.8) is 0 Å². The summed E-state index contributed by atoms with van der Waals surface area (Å²) < 4.78 is 64.6. The molecule has 3 heterocycles. The number of amides is 1. The van der Waals surface area contributed by atoms with Gasteiger partial charge < -0.3 is 63.0 Å². The number of ether oxygens (including phenoxy) is 7. The van der Waals surface area contributed by atoms with E-state index in [-0.39, 0.29) is 60.3 Å². The van der Waals surface area contributed by atoms with Gasteiger partial charge in [-0.1, -0.05) is 71.1 Å². The van der Waals surface area contributed by atoms with Gasteiger partial charge in [0.1, 0.15) is 47.9 Å². The Morgan fingerprint density at radius 3 is 2.17 bits per heavy atom. The first kappa shape index (κ1) is 68.3. The molecule has 5 rings (SSSR count). The van der Waals surface area contributed by atoms with Crippen LogP contribution >= 0.6 is 15.0 Å². The SMILES string of the molecule is CO[C@H]1C[C@@H]2CC[C@@H](C)[C@@](O)(O2)C(=O)C(=O)N2CCCC[C@H]2C(=O)O[C@H]([C@H](C)C[C@@H]2CC[C@@H](OC(=O)Oc3ccc(P(=O)(O)CP(=O)(O)O)cc3)[C@H](OC)C2)CC(=O)[C@H](C)/C=C(\C)[C@@H](O)[C@@H](OC)C(=O)[C@H](C)C[C@H](C)/C=C/C=C/C=C/1C. The van der Waals surface area contributed by atoms with Gasteiger partial charge in [0.25, 0.3) is 11.7 Å². The van der Waals surface area contributed by atoms with Crippen LogP contribution in [0.3, 0.4) is 0 Å². The van der Waals surface area contributed by atoms with Crippen LogP contribution in [0.5, 0.6) is 5.75 Å². The lowest BCUT2D eigenvalue weighted by Gasteiger charge is -2.42. The largest absolute Gasteiger partial charge is 0.514 e. The highest BCUT2D eigenvalue weighted by Gasteiger charge is 2.53. The number of fused-ring (bicyclic) bond motifs is 3. The van der Waals surface area contributed by atoms with Gasteiger partial charge in [-0.15, -0.1) is 0 Å². The number of hydrogen-bond donors (Lipinski definition) is 5. The summed E-state index contributed by atoms with van der Waals surface area (Å²) in [7, 11) is -4.88. The predicted octanol–water partition coefficient (Wildman–Crippen LogP) is 7.43. The van der Waals surface area contributed by atoms with Crippen molar-refractivity contribution >= 4 is 55.7 Å². The zero-order valence-electron chi connectivity index (χ0n) is 49.0. The Morgan fingerprint density at radius 2 is 1.52 bits per heavy atom. The Kier molecular flexibility index (Phi) is 25.4. The molecule has 2 bridgehead atoms. The highest BCUT2D eigenvalue weighted by atomic mass is 31.2. The molecule has 0 radical (unpaired) electrons. The highest BCUT2D eigenvalue weighted by molar-refractivity contribution is 7.77. The molecule has 2 saturated heterocycles. The Morgan fingerprint density at radius 1 is 0.829 bits per heavy atom. The maximum Gasteiger partial charge on any atom is 0.514 e. The third kappa shape index (κ3) is 18.7. The minimum atomic E-state index is -4.82. The first-order valence-corrected chi connectivity index (χ1v) is 32.0. The van der Waals surface area contributed by atoms with Crippen LogP contribution in [0, 0.1) is 35.5 Å². The molecule has 3 aliphatic heterocycles. The van der Waals surface area contributed by atoms with E-state index < -0.39 is 123 Å². The number of piperidine rings is 1. The molecule has 1 saturated carbocycles. The number of ketones is 3. The van der Waals surface area contributed by atoms with Gasteiger partial charge in [0.05, 0.1) is 18.3 Å². The third-order valence-corrected chi connectivity index (χ3v) is 20.6. The van der Waals surface area contributed by atoms with Gasteiger partial charge in [0, 0.05) is 63.8 Å². The normalized spacial score (nSPS) is 35.3. The van der Waals surface area contributed by atoms with Crippen molar-refractivity contribution in [1.29, 1.82) is 0 Å². The molecule has 4 aliphatic rings. The van der Waals surface area contributed by atoms with Crippen LogP contribution < -0.4 is 10.0 Å². The number of Topliss-reactive ketones (excluding diaryl/α,β-unsaturated/α-hetero) is 3. The van der Waals surface area contributed by atoms with Gasteiger partial charge in [-0.05, 0) is 131 Å². The van der Waals surface area contributed by atoms with Crippen molar-refractivity contribution in [1.82, 2.24) is 4.90 Å². The van der Waals surface area contributed by atoms with Crippen molar-refractivity contribution in [2.24, 2.45) is 35.5 Å². The number of rotatable bonds is 11. The highest BCUT2D eigenvalue weighted by Crippen LogP contribution is 2.54. The molecule has 3 fully saturated rings. The van der Waals surface area contributed by atoms with Gasteiger partial charge in [-0.3, -0.25) is 28.3 Å². The van der Waals surface area contributed by atoms with Crippen molar-refractivity contribution in [2.45, 2.75) is 180 Å². The molecule has 1 amide bonds. The van der Waals surface area contributed by atoms with Gasteiger partial charge in [0.2, 0.25) is 13.2 Å². The molecule has 21 nitrogen and oxygen atoms in total. The van der Waals surface area contributed by atoms with Crippen LogP contribution in [0.15, 0.2) is 71.9 Å². The van der Waals surface area contributed by atoms with E-state index in [9.17, 15) is 62.8 Å². The molecule has 1 aromatic rings. The van der Waals surface area contributed by atoms with Crippen LogP contribution in [-0.2, 0) is 61.5 Å². The summed E-state index contributed by atoms with van der Waals surface area (Å²) in [6, 6.07) is 3.38. The fourth-order valence-electron chi connectivity index (χ4n) is 11.6. The molecular formula is C59H87NO20P2. The monoisotopic (exact) mass is 1190 g/mol. The minimum absolute atomic E-state index is 0.0141. The smallest absolute Gasteiger partial charge is 0.460 e. The number of nitrogens with zero attached hydrogens (tertiary/aromatic N) is 1. The summed E-state index contributed by atoms with van der Waals surface area (Å²) in [6.45, 7) is 12.4. The number of aliphatic hydroxyl groups excluding tert-OH is 1. The lowest BCUT2D eigenvalue weighted by molar-refractivity contribution is -0.265. The van der Waals surface area contributed by atoms with E-state index in [0.29, 0.717) is 63.4 Å². The molecular weight excluding hydrogens is 1100 g/mol. The summed E-state index contributed by atoms with van der Waals surface area (Å²) in [6.07, 6.45) is 7.66. The van der Waals surface area contributed by atoms with E-state index in [1.165, 1.54) is 26.4 Å². The van der Waals surface area contributed by atoms with Crippen LogP contribution in [0.1, 0.15) is 126 Å². The molecule has 0 aromatic heterocycles. The first-order valence-electron chi connectivity index (χ1n) is 28.4. The van der Waals surface area contributed by atoms with Gasteiger partial charge in [-0.2, -0.15) is 0 Å². The van der Waals surface area contributed by atoms with Crippen LogP contribution in [-0.4, -0.2) is 154 Å². The average Bonchev–Trinajstić information content (AvgIpc) is 3.37. The Balaban J connectivity index is 1.40. The van der Waals surface area contributed by atoms with E-state index in [0.717, 1.165) is 22.6 Å². The van der Waals surface area contributed by atoms with Crippen molar-refractivity contribution in [3.8, 4) is 5.75 Å². The van der Waals surface area contributed by atoms with Crippen LogP contribution in [0.2, 0.25) is 0 Å². The number of allylic oxidation sites excluding steroid dienone is 6. The molecule has 1 aliphatic carbocycles. The van der Waals surface area contributed by atoms with Crippen molar-refractivity contribution in [3.05, 3.63) is 71.9 Å². The Labute approximate surface area is 481 Å². The lowest BCUT2D eigenvalue weighted by atomic mass is 9.78. The van der Waals surface area contributed by atoms with E-state index in [1.807, 2.05) is 51.2 Å². The van der Waals surface area contributed by atoms with E-state index in [4.69, 9.17) is 33.2 Å². The number of cyclic esters (lactones) is 1. The Hall–Kier alpha value is -4.50. The average molecular weight is 1190 g/mol. The third-order valence-electron chi connectivity index (χ3n) is 16.5. The summed E-state index contributed by atoms with van der Waals surface area (Å²) in [5, 5.41) is 23.3. The molecule has 1 aromatic carbocycles. The second kappa shape index (κ2) is 30.5. The zero-order chi connectivity index (χ0) is 60.9. The summed E-state index contributed by atoms with van der Waals surface area (Å²) in [5.41, 5.74) is 1.16. The standard InChI is InChI=1S/C59H87NO20P2/c1-35-16-12-11-13-17-36(2)49(74-8)32-44-21-19-41(7)59(68,80-44)55(64)56(65)60-27-15-14-18-46(60)57(66)78-50(33-47(61)37(3)29-40(6)53(63)54(76-10)52(62)39(5)28-35)38(4)30-42-20-26-48(51(31-42)75-9)79-58(67)77-43-22-24-45(25-23-43)81(69,70)34-82(71,72)73/h11-13,16-17,22-25,29,35,37-39,41-42,44,46,48-51,53-54,63,68H,14-15,18-21,26-28,30-34H2,1-10H3,(H,69,70)(H2,71,72,73)/b13-11+,16-12+,36-17+,40-29+/t35-,37-,38-,39-,41-,42+,44+,46+,48-,49+,50+,51-,53-,54+,59-/m1/s1. The number of methoxy groups -OCH3 is 3. The maximum absolute atomic E-state index is 14.6. The topological polar surface area (TPSA) is 306 Å². The number of esters is 1. The first-order chi connectivity index (χ1) is 38.5. The van der Waals surface area contributed by atoms with E-state index >= 15 is 0 Å². The molecule has 16 atom stereocenters. The van der Waals surface area contributed by atoms with Gasteiger partial charge in [-0.25, -0.2) is 9.59 Å². The lowest BCUT2D eigenvalue weighted by Crippen LogP contribution is -2.61. The van der Waals surface area contributed by atoms with Crippen molar-refractivity contribution < 1.29 is 95.9 Å². The zero-order valence-corrected chi connectivity index (χ0v) is 50.7. The van der Waals surface area contributed by atoms with Crippen LogP contribution in [0.4, 0.5) is 4.79 Å². The number of aliphatic hydroxyl groups is 2. The van der Waals surface area contributed by atoms with E-state index in [1.54, 1.807) is 40.9 Å². The quantitative estimate of drug-likeness (QED) is 0.0473. The molecule has 82 heavy (non-hydrogen) atoms. The minimum Gasteiger partial charge on any atom is -0.460 e. The predicted molar refractivity (Wildman–Crippen MR) is 303 cm³/mol. The molecule has 1 unspecified atom stereocenters. The fraction of sp³-hybridized carbons (Fsp3) is 0.661. The fourth-order valence-corrected chi connectivity index (χ4v) is 14.8. The maximum atomic E-state index is 14.6. The Bertz CT molecular complexity index is 2610. The number of benzene rings is 1. The number of carbonyl (C=O) groups is 6.